The van der Waals surface area contributed by atoms with Crippen molar-refractivity contribution in [1.29, 1.82) is 0 Å². The van der Waals surface area contributed by atoms with Gasteiger partial charge in [0, 0.05) is 22.3 Å². The third-order valence-corrected chi connectivity index (χ3v) is 3.04. The van der Waals surface area contributed by atoms with Crippen molar-refractivity contribution in [3.05, 3.63) is 56.7 Å². The summed E-state index contributed by atoms with van der Waals surface area (Å²) in [7, 11) is 1.55. The molecule has 1 aromatic carbocycles. The number of hydrazone groups is 1. The van der Waals surface area contributed by atoms with Gasteiger partial charge in [0.1, 0.15) is 5.75 Å². The monoisotopic (exact) mass is 350 g/mol. The van der Waals surface area contributed by atoms with Crippen molar-refractivity contribution in [3.8, 4) is 5.75 Å². The van der Waals surface area contributed by atoms with Gasteiger partial charge in [-0.3, -0.25) is 15.5 Å². The number of hydrogen-bond acceptors (Lipinski definition) is 6. The summed E-state index contributed by atoms with van der Waals surface area (Å²) in [5.41, 5.74) is 3.14. The minimum atomic E-state index is -0.523. The van der Waals surface area contributed by atoms with Crippen LogP contribution in [0.4, 0.5) is 11.5 Å². The second-order valence-electron chi connectivity index (χ2n) is 3.88. The number of nitro groups is 1. The summed E-state index contributed by atoms with van der Waals surface area (Å²) in [5.74, 6) is 0.715. The van der Waals surface area contributed by atoms with Crippen LogP contribution in [0, 0.1) is 10.1 Å². The van der Waals surface area contributed by atoms with Gasteiger partial charge in [0.2, 0.25) is 5.82 Å². The van der Waals surface area contributed by atoms with Gasteiger partial charge in [-0.1, -0.05) is 15.9 Å². The molecule has 0 saturated carbocycles. The van der Waals surface area contributed by atoms with E-state index in [1.165, 1.54) is 24.5 Å². The zero-order valence-corrected chi connectivity index (χ0v) is 12.6. The SMILES string of the molecule is COc1ccc(Br)cc1/C=N\Nc1ncccc1[N+](=O)[O-]. The Morgan fingerprint density at radius 3 is 3.00 bits per heavy atom. The molecule has 8 heteroatoms. The summed E-state index contributed by atoms with van der Waals surface area (Å²) < 4.78 is 6.07. The standard InChI is InChI=1S/C13H11BrN4O3/c1-21-12-5-4-10(14)7-9(12)8-16-17-13-11(18(19)20)3-2-6-15-13/h2-8H,1H3,(H,15,17)/b16-8-. The van der Waals surface area contributed by atoms with Crippen molar-refractivity contribution < 1.29 is 9.66 Å². The van der Waals surface area contributed by atoms with Crippen LogP contribution in [0.25, 0.3) is 0 Å². The maximum atomic E-state index is 10.8. The zero-order chi connectivity index (χ0) is 15.2. The van der Waals surface area contributed by atoms with Gasteiger partial charge >= 0.3 is 5.69 Å². The molecule has 0 spiro atoms. The molecule has 1 N–H and O–H groups in total. The number of aromatic nitrogens is 1. The highest BCUT2D eigenvalue weighted by Crippen LogP contribution is 2.22. The summed E-state index contributed by atoms with van der Waals surface area (Å²) >= 11 is 3.35. The van der Waals surface area contributed by atoms with Crippen molar-refractivity contribution in [2.45, 2.75) is 0 Å². The number of nitrogens with one attached hydrogen (secondary N) is 1. The van der Waals surface area contributed by atoms with E-state index in [1.54, 1.807) is 13.2 Å². The molecule has 108 valence electrons. The van der Waals surface area contributed by atoms with E-state index in [-0.39, 0.29) is 11.5 Å². The van der Waals surface area contributed by atoms with Gasteiger partial charge in [-0.15, -0.1) is 0 Å². The topological polar surface area (TPSA) is 89.7 Å². The molecule has 2 rings (SSSR count). The van der Waals surface area contributed by atoms with Gasteiger partial charge < -0.3 is 4.74 Å². The van der Waals surface area contributed by atoms with Gasteiger partial charge in [0.05, 0.1) is 18.2 Å². The first-order chi connectivity index (χ1) is 10.1. The molecule has 0 unspecified atom stereocenters. The van der Waals surface area contributed by atoms with Crippen molar-refractivity contribution in [3.63, 3.8) is 0 Å². The van der Waals surface area contributed by atoms with Crippen LogP contribution in [-0.2, 0) is 0 Å². The van der Waals surface area contributed by atoms with Crippen molar-refractivity contribution in [1.82, 2.24) is 4.98 Å². The number of anilines is 1. The number of nitrogens with zero attached hydrogens (tertiary/aromatic N) is 3. The Morgan fingerprint density at radius 1 is 1.48 bits per heavy atom. The third-order valence-electron chi connectivity index (χ3n) is 2.55. The van der Waals surface area contributed by atoms with Crippen LogP contribution in [0.15, 0.2) is 46.1 Å². The number of methoxy groups -OCH3 is 1. The molecule has 0 amide bonds. The normalized spacial score (nSPS) is 10.6. The fraction of sp³-hybridized carbons (Fsp3) is 0.0769. The average Bonchev–Trinajstić information content (AvgIpc) is 2.48. The number of hydrogen-bond donors (Lipinski definition) is 1. The predicted octanol–water partition coefficient (Wildman–Crippen LogP) is 3.21. The average molecular weight is 351 g/mol. The number of rotatable bonds is 5. The Balaban J connectivity index is 2.20. The highest BCUT2D eigenvalue weighted by Gasteiger charge is 2.12. The van der Waals surface area contributed by atoms with E-state index in [4.69, 9.17) is 4.74 Å². The fourth-order valence-electron chi connectivity index (χ4n) is 1.60. The minimum Gasteiger partial charge on any atom is -0.496 e. The molecule has 0 aliphatic carbocycles. The number of pyridine rings is 1. The summed E-state index contributed by atoms with van der Waals surface area (Å²) in [6, 6.07) is 8.29. The van der Waals surface area contributed by atoms with Gasteiger partial charge in [0.25, 0.3) is 0 Å². The molecule has 0 atom stereocenters. The summed E-state index contributed by atoms with van der Waals surface area (Å²) in [6.45, 7) is 0. The molecule has 1 aromatic heterocycles. The number of benzene rings is 1. The maximum absolute atomic E-state index is 10.8. The molecule has 21 heavy (non-hydrogen) atoms. The summed E-state index contributed by atoms with van der Waals surface area (Å²) in [4.78, 5) is 14.2. The highest BCUT2D eigenvalue weighted by atomic mass is 79.9. The zero-order valence-electron chi connectivity index (χ0n) is 11.0. The molecule has 0 aliphatic rings. The quantitative estimate of drug-likeness (QED) is 0.508. The second-order valence-corrected chi connectivity index (χ2v) is 4.80. The van der Waals surface area contributed by atoms with E-state index in [0.717, 1.165) is 10.0 Å². The van der Waals surface area contributed by atoms with Gasteiger partial charge in [0.15, 0.2) is 0 Å². The Bertz CT molecular complexity index is 691. The first-order valence-electron chi connectivity index (χ1n) is 5.84. The smallest absolute Gasteiger partial charge is 0.313 e. The lowest BCUT2D eigenvalue weighted by Gasteiger charge is -2.04. The van der Waals surface area contributed by atoms with Gasteiger partial charge in [-0.05, 0) is 24.3 Å². The third kappa shape index (κ3) is 3.76. The van der Waals surface area contributed by atoms with Gasteiger partial charge in [-0.2, -0.15) is 5.10 Å². The van der Waals surface area contributed by atoms with E-state index < -0.39 is 4.92 Å². The first kappa shape index (κ1) is 14.9. The lowest BCUT2D eigenvalue weighted by Crippen LogP contribution is -1.99. The molecule has 0 fully saturated rings. The lowest BCUT2D eigenvalue weighted by molar-refractivity contribution is -0.384. The Kier molecular flexibility index (Phi) is 4.83. The summed E-state index contributed by atoms with van der Waals surface area (Å²) in [6.07, 6.45) is 2.95. The van der Waals surface area contributed by atoms with Crippen molar-refractivity contribution in [2.24, 2.45) is 5.10 Å². The van der Waals surface area contributed by atoms with E-state index in [9.17, 15) is 10.1 Å². The molecular weight excluding hydrogens is 340 g/mol. The van der Waals surface area contributed by atoms with Crippen LogP contribution in [0.3, 0.4) is 0 Å². The van der Waals surface area contributed by atoms with E-state index >= 15 is 0 Å². The Morgan fingerprint density at radius 2 is 2.29 bits per heavy atom. The predicted molar refractivity (Wildman–Crippen MR) is 82.8 cm³/mol. The van der Waals surface area contributed by atoms with Crippen LogP contribution < -0.4 is 10.2 Å². The van der Waals surface area contributed by atoms with Gasteiger partial charge in [-0.25, -0.2) is 4.98 Å². The summed E-state index contributed by atoms with van der Waals surface area (Å²) in [5, 5.41) is 14.8. The molecule has 0 aliphatic heterocycles. The first-order valence-corrected chi connectivity index (χ1v) is 6.63. The lowest BCUT2D eigenvalue weighted by atomic mass is 10.2. The van der Waals surface area contributed by atoms with E-state index in [2.05, 4.69) is 31.4 Å². The maximum Gasteiger partial charge on any atom is 0.313 e. The van der Waals surface area contributed by atoms with Crippen LogP contribution in [-0.4, -0.2) is 23.2 Å². The Labute approximate surface area is 128 Å². The van der Waals surface area contributed by atoms with Crippen LogP contribution in [0.5, 0.6) is 5.75 Å². The van der Waals surface area contributed by atoms with E-state index in [0.29, 0.717) is 5.75 Å². The minimum absolute atomic E-state index is 0.0766. The largest absolute Gasteiger partial charge is 0.496 e. The highest BCUT2D eigenvalue weighted by molar-refractivity contribution is 9.10. The van der Waals surface area contributed by atoms with Crippen molar-refractivity contribution >= 4 is 33.6 Å². The molecule has 2 aromatic rings. The number of ether oxygens (including phenoxy) is 1. The molecule has 1 heterocycles. The van der Waals surface area contributed by atoms with Crippen LogP contribution in [0.2, 0.25) is 0 Å². The molecular formula is C13H11BrN4O3. The molecule has 0 saturated heterocycles. The van der Waals surface area contributed by atoms with Crippen LogP contribution >= 0.6 is 15.9 Å². The fourth-order valence-corrected chi connectivity index (χ4v) is 1.98. The van der Waals surface area contributed by atoms with E-state index in [1.807, 2.05) is 12.1 Å². The second kappa shape index (κ2) is 6.80. The van der Waals surface area contributed by atoms with Crippen molar-refractivity contribution in [2.75, 3.05) is 12.5 Å². The molecule has 0 bridgehead atoms. The van der Waals surface area contributed by atoms with Crippen LogP contribution in [0.1, 0.15) is 5.56 Å². The molecule has 0 radical (unpaired) electrons. The Hall–Kier alpha value is -2.48. The number of halogens is 1. The molecule has 7 nitrogen and oxygen atoms in total.